The van der Waals surface area contributed by atoms with E-state index in [0.29, 0.717) is 0 Å². The molecule has 4 heterocycles. The number of carboxylic acid groups (broad SMARTS) is 2. The van der Waals surface area contributed by atoms with E-state index < -0.39 is 11.9 Å². The molecule has 0 radical (unpaired) electrons. The molecule has 14 heteroatoms. The lowest BCUT2D eigenvalue weighted by molar-refractivity contribution is 0.0679. The monoisotopic (exact) mass is 568 g/mol. The summed E-state index contributed by atoms with van der Waals surface area (Å²) in [7, 11) is 0. The number of nitrogens with zero attached hydrogens (tertiary/aromatic N) is 6. The Hall–Kier alpha value is -5.92. The highest BCUT2D eigenvalue weighted by atomic mass is 16.4. The van der Waals surface area contributed by atoms with Crippen molar-refractivity contribution in [2.24, 2.45) is 0 Å². The van der Waals surface area contributed by atoms with Gasteiger partial charge in [-0.05, 0) is 25.0 Å². The summed E-state index contributed by atoms with van der Waals surface area (Å²) < 4.78 is 2.81. The lowest BCUT2D eigenvalue weighted by atomic mass is 10.1. The maximum absolute atomic E-state index is 12.1. The summed E-state index contributed by atoms with van der Waals surface area (Å²) in [5.74, 6) is -2.37. The van der Waals surface area contributed by atoms with Gasteiger partial charge in [0.25, 0.3) is 0 Å². The summed E-state index contributed by atoms with van der Waals surface area (Å²) in [6.07, 6.45) is 2.25. The van der Waals surface area contributed by atoms with Crippen molar-refractivity contribution in [2.45, 2.75) is 25.9 Å². The predicted octanol–water partition coefficient (Wildman–Crippen LogP) is 2.85. The Morgan fingerprint density at radius 2 is 1.02 bits per heavy atom. The van der Waals surface area contributed by atoms with E-state index in [9.17, 15) is 19.2 Å². The van der Waals surface area contributed by atoms with Crippen LogP contribution in [0, 0.1) is 0 Å². The molecule has 42 heavy (non-hydrogen) atoms. The number of rotatable bonds is 6. The Bertz CT molecular complexity index is 1880. The van der Waals surface area contributed by atoms with Crippen LogP contribution in [0.3, 0.4) is 0 Å². The summed E-state index contributed by atoms with van der Waals surface area (Å²) in [6.45, 7) is 3.69. The van der Waals surface area contributed by atoms with Gasteiger partial charge < -0.3 is 10.2 Å². The topological polar surface area (TPSA) is 202 Å². The molecule has 0 saturated heterocycles. The second kappa shape index (κ2) is 11.3. The number of carbonyl (C=O) groups is 2. The fourth-order valence-corrected chi connectivity index (χ4v) is 4.47. The number of H-pyrrole nitrogens is 2. The van der Waals surface area contributed by atoms with Crippen molar-refractivity contribution >= 4 is 34.5 Å². The summed E-state index contributed by atoms with van der Waals surface area (Å²) in [6, 6.07) is 18.3. The number of imidazole rings is 2. The van der Waals surface area contributed by atoms with Crippen molar-refractivity contribution in [3.63, 3.8) is 0 Å². The molecular weight excluding hydrogens is 544 g/mol. The first-order valence-corrected chi connectivity index (χ1v) is 12.7. The third-order valence-corrected chi connectivity index (χ3v) is 6.63. The van der Waals surface area contributed by atoms with Gasteiger partial charge in [-0.15, -0.1) is 0 Å². The van der Waals surface area contributed by atoms with Gasteiger partial charge in [-0.2, -0.15) is 0 Å². The van der Waals surface area contributed by atoms with Crippen molar-refractivity contribution in [1.29, 1.82) is 0 Å². The molecule has 6 rings (SSSR count). The van der Waals surface area contributed by atoms with Crippen LogP contribution in [0.5, 0.6) is 0 Å². The number of benzene rings is 2. The van der Waals surface area contributed by atoms with Crippen LogP contribution in [0.2, 0.25) is 0 Å². The van der Waals surface area contributed by atoms with Gasteiger partial charge in [0.05, 0.1) is 24.5 Å². The van der Waals surface area contributed by atoms with E-state index in [2.05, 4.69) is 29.9 Å². The zero-order valence-electron chi connectivity index (χ0n) is 22.3. The van der Waals surface area contributed by atoms with E-state index in [1.165, 1.54) is 9.13 Å². The number of aromatic carboxylic acids is 2. The molecule has 0 aliphatic carbocycles. The van der Waals surface area contributed by atoms with E-state index in [4.69, 9.17) is 10.2 Å². The summed E-state index contributed by atoms with van der Waals surface area (Å²) in [5.41, 5.74) is 1.71. The summed E-state index contributed by atoms with van der Waals surface area (Å²) in [5, 5.41) is 18.0. The smallest absolute Gasteiger partial charge is 0.356 e. The maximum Gasteiger partial charge on any atom is 0.356 e. The number of fused-ring (bicyclic) bond motifs is 2. The van der Waals surface area contributed by atoms with Crippen LogP contribution < -0.4 is 11.4 Å². The first-order valence-electron chi connectivity index (χ1n) is 12.7. The van der Waals surface area contributed by atoms with E-state index >= 15 is 0 Å². The van der Waals surface area contributed by atoms with Gasteiger partial charge in [-0.3, -0.25) is 19.1 Å². The van der Waals surface area contributed by atoms with E-state index in [1.807, 2.05) is 74.5 Å². The Balaban J connectivity index is 0.000000168. The number of hydrogen-bond acceptors (Lipinski definition) is 8. The Morgan fingerprint density at radius 3 is 1.36 bits per heavy atom. The van der Waals surface area contributed by atoms with E-state index in [0.717, 1.165) is 23.5 Å². The minimum absolute atomic E-state index is 0.199. The molecule has 0 amide bonds. The highest BCUT2D eigenvalue weighted by Crippen LogP contribution is 2.20. The molecule has 0 saturated carbocycles. The molecule has 0 unspecified atom stereocenters. The number of carboxylic acids is 2. The molecule has 0 aliphatic heterocycles. The van der Waals surface area contributed by atoms with Crippen LogP contribution in [0.25, 0.3) is 22.6 Å². The van der Waals surface area contributed by atoms with Gasteiger partial charge in [-0.1, -0.05) is 60.7 Å². The molecule has 0 spiro atoms. The van der Waals surface area contributed by atoms with Gasteiger partial charge >= 0.3 is 23.3 Å². The van der Waals surface area contributed by atoms with Gasteiger partial charge in [0.2, 0.25) is 0 Å². The molecular formula is C28H24N8O6. The third-order valence-electron chi connectivity index (χ3n) is 6.63. The van der Waals surface area contributed by atoms with Crippen molar-refractivity contribution in [3.8, 4) is 0 Å². The molecule has 0 aliphatic rings. The summed E-state index contributed by atoms with van der Waals surface area (Å²) >= 11 is 0. The number of nitrogens with one attached hydrogen (secondary N) is 2. The van der Waals surface area contributed by atoms with Crippen LogP contribution in [-0.4, -0.2) is 61.2 Å². The average Bonchev–Trinajstić information content (AvgIpc) is 3.51. The van der Waals surface area contributed by atoms with Crippen LogP contribution in [-0.2, 0) is 0 Å². The van der Waals surface area contributed by atoms with Crippen molar-refractivity contribution in [2.75, 3.05) is 0 Å². The van der Waals surface area contributed by atoms with Gasteiger partial charge in [0, 0.05) is 0 Å². The van der Waals surface area contributed by atoms with E-state index in [-0.39, 0.29) is 57.4 Å². The largest absolute Gasteiger partial charge is 0.476 e. The minimum atomic E-state index is -1.18. The van der Waals surface area contributed by atoms with Crippen molar-refractivity contribution < 1.29 is 19.8 Å². The molecule has 6 aromatic rings. The molecule has 14 nitrogen and oxygen atoms in total. The second-order valence-electron chi connectivity index (χ2n) is 9.24. The van der Waals surface area contributed by atoms with Crippen LogP contribution in [0.4, 0.5) is 0 Å². The normalized spacial score (nSPS) is 12.4. The zero-order chi connectivity index (χ0) is 30.0. The number of hydrogen-bond donors (Lipinski definition) is 4. The lowest BCUT2D eigenvalue weighted by Gasteiger charge is -2.13. The Labute approximate surface area is 236 Å². The molecule has 4 N–H and O–H groups in total. The number of aromatic amines is 2. The third kappa shape index (κ3) is 5.28. The van der Waals surface area contributed by atoms with Gasteiger partial charge in [-0.25, -0.2) is 39.1 Å². The summed E-state index contributed by atoms with van der Waals surface area (Å²) in [4.78, 5) is 67.3. The standard InChI is InChI=1S/2C14H12N4O3/c2*1-8(9-5-3-2-4-6-9)18-12-11(17-14(18)21)15-7-10(16-12)13(19)20/h2*2-8H,1H3,(H,19,20)(H,15,17,21)/t2*8-/m00/s1. The van der Waals surface area contributed by atoms with Crippen LogP contribution >= 0.6 is 0 Å². The average molecular weight is 569 g/mol. The van der Waals surface area contributed by atoms with Crippen molar-refractivity contribution in [1.82, 2.24) is 39.0 Å². The first-order chi connectivity index (χ1) is 20.2. The van der Waals surface area contributed by atoms with Crippen LogP contribution in [0.15, 0.2) is 82.6 Å². The van der Waals surface area contributed by atoms with E-state index in [1.54, 1.807) is 0 Å². The molecule has 0 fully saturated rings. The molecule has 4 aromatic heterocycles. The first kappa shape index (κ1) is 27.6. The highest BCUT2D eigenvalue weighted by Gasteiger charge is 2.19. The SMILES string of the molecule is C[C@@H](c1ccccc1)n1c(=O)[nH]c2ncc(C(=O)O)nc21.C[C@@H](c1ccccc1)n1c(=O)[nH]c2ncc(C(=O)O)nc21. The highest BCUT2D eigenvalue weighted by molar-refractivity contribution is 5.87. The fourth-order valence-electron chi connectivity index (χ4n) is 4.47. The number of aromatic nitrogens is 8. The fraction of sp³-hybridized carbons (Fsp3) is 0.143. The molecule has 2 atom stereocenters. The van der Waals surface area contributed by atoms with Crippen LogP contribution in [0.1, 0.15) is 58.0 Å². The van der Waals surface area contributed by atoms with Gasteiger partial charge in [0.15, 0.2) is 34.0 Å². The maximum atomic E-state index is 12.1. The molecule has 212 valence electrons. The quantitative estimate of drug-likeness (QED) is 0.231. The molecule has 0 bridgehead atoms. The minimum Gasteiger partial charge on any atom is -0.476 e. The Morgan fingerprint density at radius 1 is 0.667 bits per heavy atom. The van der Waals surface area contributed by atoms with Crippen molar-refractivity contribution in [3.05, 3.63) is 117 Å². The lowest BCUT2D eigenvalue weighted by Crippen LogP contribution is -2.21. The molecule has 2 aromatic carbocycles. The predicted molar refractivity (Wildman–Crippen MR) is 151 cm³/mol. The van der Waals surface area contributed by atoms with Gasteiger partial charge in [0.1, 0.15) is 0 Å². The zero-order valence-corrected chi connectivity index (χ0v) is 22.3. The second-order valence-corrected chi connectivity index (χ2v) is 9.24. The Kier molecular flexibility index (Phi) is 7.43.